The predicted octanol–water partition coefficient (Wildman–Crippen LogP) is 2.67. The summed E-state index contributed by atoms with van der Waals surface area (Å²) in [6.45, 7) is 2.90. The van der Waals surface area contributed by atoms with E-state index in [1.807, 2.05) is 11.0 Å². The second kappa shape index (κ2) is 4.44. The van der Waals surface area contributed by atoms with Gasteiger partial charge in [-0.05, 0) is 31.5 Å². The van der Waals surface area contributed by atoms with Gasteiger partial charge in [-0.2, -0.15) is 0 Å². The normalized spacial score (nSPS) is 22.4. The Hall–Kier alpha value is -2.17. The third kappa shape index (κ3) is 1.99. The summed E-state index contributed by atoms with van der Waals surface area (Å²) in [4.78, 5) is 17.5. The fraction of sp³-hybridized carbons (Fsp3) is 0.333. The van der Waals surface area contributed by atoms with Crippen molar-refractivity contribution in [1.29, 1.82) is 0 Å². The first-order valence-electron chi connectivity index (χ1n) is 6.52. The van der Waals surface area contributed by atoms with E-state index >= 15 is 0 Å². The van der Waals surface area contributed by atoms with Gasteiger partial charge in [-0.25, -0.2) is 4.39 Å². The maximum absolute atomic E-state index is 13.2. The second-order valence-corrected chi connectivity index (χ2v) is 5.53. The summed E-state index contributed by atoms with van der Waals surface area (Å²) in [6.07, 6.45) is 2.24. The van der Waals surface area contributed by atoms with Crippen LogP contribution in [0.5, 0.6) is 0 Å². The molecule has 0 bridgehead atoms. The number of carbonyl (C=O) groups is 1. The Balaban J connectivity index is 2.02. The first-order valence-corrected chi connectivity index (χ1v) is 6.52. The van der Waals surface area contributed by atoms with E-state index < -0.39 is 11.4 Å². The van der Waals surface area contributed by atoms with E-state index in [0.717, 1.165) is 11.1 Å². The van der Waals surface area contributed by atoms with Crippen LogP contribution >= 0.6 is 0 Å². The van der Waals surface area contributed by atoms with Gasteiger partial charge in [0.1, 0.15) is 5.82 Å². The third-order valence-electron chi connectivity index (χ3n) is 4.01. The zero-order valence-corrected chi connectivity index (χ0v) is 11.1. The van der Waals surface area contributed by atoms with Crippen molar-refractivity contribution in [3.8, 4) is 0 Å². The van der Waals surface area contributed by atoms with Crippen LogP contribution in [0.4, 0.5) is 10.1 Å². The largest absolute Gasteiger partial charge is 0.481 e. The fourth-order valence-corrected chi connectivity index (χ4v) is 2.72. The molecule has 2 aromatic rings. The molecule has 1 unspecified atom stereocenters. The summed E-state index contributed by atoms with van der Waals surface area (Å²) in [5.74, 6) is -1.09. The van der Waals surface area contributed by atoms with Crippen LogP contribution in [0, 0.1) is 11.2 Å². The van der Waals surface area contributed by atoms with E-state index in [-0.39, 0.29) is 5.82 Å². The predicted molar refractivity (Wildman–Crippen MR) is 74.3 cm³/mol. The number of hydrogen-bond donors (Lipinski definition) is 1. The van der Waals surface area contributed by atoms with E-state index in [4.69, 9.17) is 0 Å². The Morgan fingerprint density at radius 1 is 1.45 bits per heavy atom. The van der Waals surface area contributed by atoms with Crippen molar-refractivity contribution in [2.45, 2.75) is 13.3 Å². The summed E-state index contributed by atoms with van der Waals surface area (Å²) >= 11 is 0. The van der Waals surface area contributed by atoms with Gasteiger partial charge in [0.25, 0.3) is 0 Å². The molecule has 104 valence electrons. The zero-order chi connectivity index (χ0) is 14.3. The standard InChI is InChI=1S/C15H15FN2O2/c1-15(14(19)20)5-7-18(9-15)13-4-6-17-12-8-10(16)2-3-11(12)13/h2-4,6,8H,5,7,9H2,1H3,(H,19,20). The molecule has 0 aliphatic carbocycles. The molecule has 4 nitrogen and oxygen atoms in total. The average Bonchev–Trinajstić information content (AvgIpc) is 2.81. The van der Waals surface area contributed by atoms with Crippen LogP contribution in [0.25, 0.3) is 10.9 Å². The van der Waals surface area contributed by atoms with Crippen molar-refractivity contribution >= 4 is 22.6 Å². The summed E-state index contributed by atoms with van der Waals surface area (Å²) in [7, 11) is 0. The molecule has 3 rings (SSSR count). The molecule has 20 heavy (non-hydrogen) atoms. The fourth-order valence-electron chi connectivity index (χ4n) is 2.72. The Morgan fingerprint density at radius 2 is 2.25 bits per heavy atom. The highest BCUT2D eigenvalue weighted by Crippen LogP contribution is 2.36. The molecule has 5 heteroatoms. The quantitative estimate of drug-likeness (QED) is 0.914. The highest BCUT2D eigenvalue weighted by molar-refractivity contribution is 5.92. The molecule has 0 radical (unpaired) electrons. The minimum absolute atomic E-state index is 0.320. The molecule has 0 saturated carbocycles. The lowest BCUT2D eigenvalue weighted by Crippen LogP contribution is -2.31. The summed E-state index contributed by atoms with van der Waals surface area (Å²) in [6, 6.07) is 6.35. The van der Waals surface area contributed by atoms with Gasteiger partial charge in [0, 0.05) is 36.4 Å². The minimum Gasteiger partial charge on any atom is -0.481 e. The number of benzene rings is 1. The SMILES string of the molecule is CC1(C(=O)O)CCN(c2ccnc3cc(F)ccc23)C1. The summed E-state index contributed by atoms with van der Waals surface area (Å²) in [5.41, 5.74) is 0.779. The van der Waals surface area contributed by atoms with Crippen molar-refractivity contribution in [2.75, 3.05) is 18.0 Å². The molecular weight excluding hydrogens is 259 g/mol. The van der Waals surface area contributed by atoms with Gasteiger partial charge in [-0.3, -0.25) is 9.78 Å². The first-order chi connectivity index (χ1) is 9.49. The Morgan fingerprint density at radius 3 is 2.95 bits per heavy atom. The molecule has 1 aromatic carbocycles. The number of pyridine rings is 1. The van der Waals surface area contributed by atoms with Crippen molar-refractivity contribution in [3.05, 3.63) is 36.3 Å². The van der Waals surface area contributed by atoms with E-state index in [9.17, 15) is 14.3 Å². The number of carboxylic acids is 1. The summed E-state index contributed by atoms with van der Waals surface area (Å²) in [5, 5.41) is 10.1. The van der Waals surface area contributed by atoms with Crippen molar-refractivity contribution in [1.82, 2.24) is 4.98 Å². The van der Waals surface area contributed by atoms with Crippen LogP contribution in [0.2, 0.25) is 0 Å². The van der Waals surface area contributed by atoms with E-state index in [1.165, 1.54) is 12.1 Å². The molecule has 1 aliphatic heterocycles. The van der Waals surface area contributed by atoms with Crippen LogP contribution in [0.1, 0.15) is 13.3 Å². The van der Waals surface area contributed by atoms with E-state index in [0.29, 0.717) is 25.0 Å². The Labute approximate surface area is 115 Å². The van der Waals surface area contributed by atoms with Crippen LogP contribution < -0.4 is 4.90 Å². The number of anilines is 1. The number of hydrogen-bond acceptors (Lipinski definition) is 3. The Bertz CT molecular complexity index is 689. The van der Waals surface area contributed by atoms with E-state index in [2.05, 4.69) is 4.98 Å². The molecule has 1 N–H and O–H groups in total. The van der Waals surface area contributed by atoms with E-state index in [1.54, 1.807) is 19.2 Å². The first kappa shape index (κ1) is 12.8. The maximum Gasteiger partial charge on any atom is 0.311 e. The number of rotatable bonds is 2. The number of aromatic nitrogens is 1. The highest BCUT2D eigenvalue weighted by atomic mass is 19.1. The van der Waals surface area contributed by atoms with Gasteiger partial charge in [0.05, 0.1) is 10.9 Å². The summed E-state index contributed by atoms with van der Waals surface area (Å²) < 4.78 is 13.2. The van der Waals surface area contributed by atoms with Crippen molar-refractivity contribution in [3.63, 3.8) is 0 Å². The van der Waals surface area contributed by atoms with Gasteiger partial charge in [-0.1, -0.05) is 0 Å². The van der Waals surface area contributed by atoms with Gasteiger partial charge in [0.15, 0.2) is 0 Å². The van der Waals surface area contributed by atoms with Gasteiger partial charge < -0.3 is 10.0 Å². The molecular formula is C15H15FN2O2. The third-order valence-corrected chi connectivity index (χ3v) is 4.01. The van der Waals surface area contributed by atoms with Crippen LogP contribution in [-0.2, 0) is 4.79 Å². The lowest BCUT2D eigenvalue weighted by atomic mass is 9.90. The molecule has 0 spiro atoms. The van der Waals surface area contributed by atoms with Crippen molar-refractivity contribution < 1.29 is 14.3 Å². The molecule has 1 aliphatic rings. The van der Waals surface area contributed by atoms with Crippen molar-refractivity contribution in [2.24, 2.45) is 5.41 Å². The highest BCUT2D eigenvalue weighted by Gasteiger charge is 2.40. The van der Waals surface area contributed by atoms with Crippen LogP contribution in [0.15, 0.2) is 30.5 Å². The number of halogens is 1. The number of fused-ring (bicyclic) bond motifs is 1. The Kier molecular flexibility index (Phi) is 2.85. The van der Waals surface area contributed by atoms with Crippen LogP contribution in [-0.4, -0.2) is 29.1 Å². The molecule has 0 amide bonds. The smallest absolute Gasteiger partial charge is 0.311 e. The molecule has 2 heterocycles. The van der Waals surface area contributed by atoms with Gasteiger partial charge in [0.2, 0.25) is 0 Å². The number of nitrogens with zero attached hydrogens (tertiary/aromatic N) is 2. The number of carboxylic acid groups (broad SMARTS) is 1. The molecule has 1 atom stereocenters. The molecule has 1 saturated heterocycles. The zero-order valence-electron chi connectivity index (χ0n) is 11.1. The van der Waals surface area contributed by atoms with Gasteiger partial charge >= 0.3 is 5.97 Å². The minimum atomic E-state index is -0.774. The maximum atomic E-state index is 13.2. The lowest BCUT2D eigenvalue weighted by Gasteiger charge is -2.23. The average molecular weight is 274 g/mol. The van der Waals surface area contributed by atoms with Crippen LogP contribution in [0.3, 0.4) is 0 Å². The van der Waals surface area contributed by atoms with Gasteiger partial charge in [-0.15, -0.1) is 0 Å². The molecule has 1 fully saturated rings. The lowest BCUT2D eigenvalue weighted by molar-refractivity contribution is -0.146. The second-order valence-electron chi connectivity index (χ2n) is 5.53. The number of aliphatic carboxylic acids is 1. The molecule has 1 aromatic heterocycles. The topological polar surface area (TPSA) is 53.4 Å². The monoisotopic (exact) mass is 274 g/mol.